The van der Waals surface area contributed by atoms with Crippen molar-refractivity contribution in [3.8, 4) is 5.82 Å². The molecule has 2 aromatic heterocycles. The first-order chi connectivity index (χ1) is 12.2. The Balaban J connectivity index is 1.55. The van der Waals surface area contributed by atoms with Gasteiger partial charge in [0.2, 0.25) is 0 Å². The number of hydrogen-bond donors (Lipinski definition) is 1. The summed E-state index contributed by atoms with van der Waals surface area (Å²) in [6.45, 7) is 0.902. The van der Waals surface area contributed by atoms with Crippen LogP contribution in [0.4, 0.5) is 0 Å². The molecule has 0 saturated carbocycles. The third-order valence-electron chi connectivity index (χ3n) is 5.02. The molecule has 1 N–H and O–H groups in total. The van der Waals surface area contributed by atoms with Crippen LogP contribution in [0.3, 0.4) is 0 Å². The summed E-state index contributed by atoms with van der Waals surface area (Å²) in [6.07, 6.45) is 4.44. The van der Waals surface area contributed by atoms with Gasteiger partial charge in [0.1, 0.15) is 0 Å². The zero-order chi connectivity index (χ0) is 17.2. The van der Waals surface area contributed by atoms with Crippen molar-refractivity contribution in [2.24, 2.45) is 0 Å². The number of H-pyrrole nitrogens is 1. The van der Waals surface area contributed by atoms with Crippen molar-refractivity contribution in [3.05, 3.63) is 81.9 Å². The number of aromatic amines is 1. The lowest BCUT2D eigenvalue weighted by Crippen LogP contribution is -2.37. The predicted molar refractivity (Wildman–Crippen MR) is 97.9 cm³/mol. The Morgan fingerprint density at radius 1 is 1.20 bits per heavy atom. The molecular weight excluding hydrogens is 312 g/mol. The molecule has 0 amide bonds. The molecule has 3 aromatic rings. The maximum absolute atomic E-state index is 12.8. The Hall–Kier alpha value is -2.66. The first-order valence-electron chi connectivity index (χ1n) is 8.70. The highest BCUT2D eigenvalue weighted by molar-refractivity contribution is 5.29. The van der Waals surface area contributed by atoms with Crippen LogP contribution in [-0.4, -0.2) is 32.8 Å². The zero-order valence-electron chi connectivity index (χ0n) is 14.4. The number of aromatic nitrogens is 3. The van der Waals surface area contributed by atoms with Crippen LogP contribution in [0, 0.1) is 0 Å². The largest absolute Gasteiger partial charge is 0.299 e. The minimum Gasteiger partial charge on any atom is -0.299 e. The Morgan fingerprint density at radius 2 is 2.00 bits per heavy atom. The van der Waals surface area contributed by atoms with Crippen LogP contribution in [-0.2, 0) is 19.4 Å². The normalized spacial score (nSPS) is 16.8. The molecule has 4 rings (SSSR count). The zero-order valence-corrected chi connectivity index (χ0v) is 14.4. The lowest BCUT2D eigenvalue weighted by atomic mass is 9.92. The maximum atomic E-state index is 12.8. The van der Waals surface area contributed by atoms with Gasteiger partial charge in [-0.3, -0.25) is 14.8 Å². The van der Waals surface area contributed by atoms with Gasteiger partial charge in [0.25, 0.3) is 5.56 Å². The Kier molecular flexibility index (Phi) is 4.24. The van der Waals surface area contributed by atoms with Crippen molar-refractivity contribution in [3.63, 3.8) is 0 Å². The standard InChI is InChI=1S/C20H22N4O/c1-23(14-15-7-3-2-4-8-15)16-10-11-18-17(13-16)20(25)24(22-18)19-9-5-6-12-21-19/h2-9,12,16,22H,10-11,13-14H2,1H3. The monoisotopic (exact) mass is 334 g/mol. The Labute approximate surface area is 146 Å². The first kappa shape index (κ1) is 15.8. The highest BCUT2D eigenvalue weighted by atomic mass is 16.1. The highest BCUT2D eigenvalue weighted by Gasteiger charge is 2.27. The molecule has 1 aromatic carbocycles. The van der Waals surface area contributed by atoms with Crippen LogP contribution in [0.1, 0.15) is 23.2 Å². The number of fused-ring (bicyclic) bond motifs is 1. The second kappa shape index (κ2) is 6.69. The summed E-state index contributed by atoms with van der Waals surface area (Å²) >= 11 is 0. The molecule has 0 saturated heterocycles. The summed E-state index contributed by atoms with van der Waals surface area (Å²) in [7, 11) is 2.15. The second-order valence-corrected chi connectivity index (χ2v) is 6.69. The third kappa shape index (κ3) is 3.15. The van der Waals surface area contributed by atoms with E-state index in [4.69, 9.17) is 0 Å². The Morgan fingerprint density at radius 3 is 2.76 bits per heavy atom. The number of hydrogen-bond acceptors (Lipinski definition) is 3. The van der Waals surface area contributed by atoms with E-state index in [1.165, 1.54) is 5.56 Å². The molecule has 5 heteroatoms. The van der Waals surface area contributed by atoms with Crippen LogP contribution < -0.4 is 5.56 Å². The number of benzene rings is 1. The average Bonchev–Trinajstić information content (AvgIpc) is 2.99. The number of aryl methyl sites for hydroxylation is 1. The molecule has 0 fully saturated rings. The fourth-order valence-electron chi connectivity index (χ4n) is 3.61. The van der Waals surface area contributed by atoms with Crippen molar-refractivity contribution in [1.82, 2.24) is 19.7 Å². The average molecular weight is 334 g/mol. The van der Waals surface area contributed by atoms with E-state index in [-0.39, 0.29) is 5.56 Å². The van der Waals surface area contributed by atoms with Gasteiger partial charge >= 0.3 is 0 Å². The van der Waals surface area contributed by atoms with Gasteiger partial charge in [0, 0.05) is 30.0 Å². The van der Waals surface area contributed by atoms with Crippen molar-refractivity contribution >= 4 is 0 Å². The number of nitrogens with one attached hydrogen (secondary N) is 1. The molecule has 0 bridgehead atoms. The number of pyridine rings is 1. The van der Waals surface area contributed by atoms with Crippen LogP contribution in [0.5, 0.6) is 0 Å². The van der Waals surface area contributed by atoms with Gasteiger partial charge in [0.15, 0.2) is 5.82 Å². The van der Waals surface area contributed by atoms with E-state index in [1.807, 2.05) is 24.3 Å². The van der Waals surface area contributed by atoms with Gasteiger partial charge in [-0.25, -0.2) is 9.67 Å². The van der Waals surface area contributed by atoms with Crippen LogP contribution >= 0.6 is 0 Å². The molecule has 1 unspecified atom stereocenters. The predicted octanol–water partition coefficient (Wildman–Crippen LogP) is 2.55. The molecule has 128 valence electrons. The van der Waals surface area contributed by atoms with E-state index in [9.17, 15) is 4.79 Å². The topological polar surface area (TPSA) is 53.9 Å². The van der Waals surface area contributed by atoms with Crippen molar-refractivity contribution in [1.29, 1.82) is 0 Å². The van der Waals surface area contributed by atoms with Gasteiger partial charge in [-0.1, -0.05) is 36.4 Å². The molecule has 0 radical (unpaired) electrons. The quantitative estimate of drug-likeness (QED) is 0.798. The molecule has 1 aliphatic carbocycles. The van der Waals surface area contributed by atoms with Gasteiger partial charge < -0.3 is 0 Å². The van der Waals surface area contributed by atoms with E-state index in [0.717, 1.165) is 37.1 Å². The van der Waals surface area contributed by atoms with E-state index in [2.05, 4.69) is 46.3 Å². The van der Waals surface area contributed by atoms with Gasteiger partial charge in [-0.05, 0) is 44.0 Å². The SMILES string of the molecule is CN(Cc1ccccc1)C1CCc2[nH]n(-c3ccccn3)c(=O)c2C1. The Bertz CT molecular complexity index is 898. The number of likely N-dealkylation sites (N-methyl/N-ethyl adjacent to an activating group) is 1. The molecule has 25 heavy (non-hydrogen) atoms. The summed E-state index contributed by atoms with van der Waals surface area (Å²) in [5.74, 6) is 0.649. The lowest BCUT2D eigenvalue weighted by molar-refractivity contribution is 0.213. The molecule has 1 aliphatic rings. The fraction of sp³-hybridized carbons (Fsp3) is 0.300. The van der Waals surface area contributed by atoms with Crippen molar-refractivity contribution in [2.75, 3.05) is 7.05 Å². The maximum Gasteiger partial charge on any atom is 0.276 e. The second-order valence-electron chi connectivity index (χ2n) is 6.69. The summed E-state index contributed by atoms with van der Waals surface area (Å²) < 4.78 is 1.57. The van der Waals surface area contributed by atoms with E-state index >= 15 is 0 Å². The van der Waals surface area contributed by atoms with Crippen molar-refractivity contribution in [2.45, 2.75) is 31.8 Å². The van der Waals surface area contributed by atoms with Crippen LogP contribution in [0.15, 0.2) is 59.5 Å². The minimum absolute atomic E-state index is 0.0338. The summed E-state index contributed by atoms with van der Waals surface area (Å²) in [5, 5.41) is 3.25. The highest BCUT2D eigenvalue weighted by Crippen LogP contribution is 2.22. The minimum atomic E-state index is 0.0338. The van der Waals surface area contributed by atoms with E-state index in [0.29, 0.717) is 11.9 Å². The van der Waals surface area contributed by atoms with Gasteiger partial charge in [0.05, 0.1) is 0 Å². The van der Waals surface area contributed by atoms with Crippen LogP contribution in [0.25, 0.3) is 5.82 Å². The number of nitrogens with zero attached hydrogens (tertiary/aromatic N) is 3. The number of rotatable bonds is 4. The molecule has 1 atom stereocenters. The lowest BCUT2D eigenvalue weighted by Gasteiger charge is -2.30. The van der Waals surface area contributed by atoms with E-state index < -0.39 is 0 Å². The fourth-order valence-corrected chi connectivity index (χ4v) is 3.61. The van der Waals surface area contributed by atoms with Crippen LogP contribution in [0.2, 0.25) is 0 Å². The third-order valence-corrected chi connectivity index (χ3v) is 5.02. The smallest absolute Gasteiger partial charge is 0.276 e. The summed E-state index contributed by atoms with van der Waals surface area (Å²) in [5.41, 5.74) is 3.30. The molecular formula is C20H22N4O. The summed E-state index contributed by atoms with van der Waals surface area (Å²) in [6, 6.07) is 16.5. The van der Waals surface area contributed by atoms with Gasteiger partial charge in [-0.15, -0.1) is 0 Å². The molecule has 5 nitrogen and oxygen atoms in total. The molecule has 2 heterocycles. The van der Waals surface area contributed by atoms with Gasteiger partial charge in [-0.2, -0.15) is 0 Å². The van der Waals surface area contributed by atoms with Crippen molar-refractivity contribution < 1.29 is 0 Å². The molecule has 0 aliphatic heterocycles. The molecule has 0 spiro atoms. The van der Waals surface area contributed by atoms with E-state index in [1.54, 1.807) is 10.9 Å². The first-order valence-corrected chi connectivity index (χ1v) is 8.70. The summed E-state index contributed by atoms with van der Waals surface area (Å²) in [4.78, 5) is 19.5.